The monoisotopic (exact) mass is 229 g/mol. The van der Waals surface area contributed by atoms with Crippen molar-refractivity contribution in [2.45, 2.75) is 46.5 Å². The van der Waals surface area contributed by atoms with E-state index < -0.39 is 0 Å². The Bertz CT molecular complexity index is 216. The third-order valence-electron chi connectivity index (χ3n) is 2.22. The lowest BCUT2D eigenvalue weighted by molar-refractivity contribution is -0.149. The molecule has 0 spiro atoms. The van der Waals surface area contributed by atoms with E-state index in [0.29, 0.717) is 19.6 Å². The van der Waals surface area contributed by atoms with Crippen molar-refractivity contribution in [1.29, 1.82) is 0 Å². The summed E-state index contributed by atoms with van der Waals surface area (Å²) in [5, 5.41) is 0. The summed E-state index contributed by atoms with van der Waals surface area (Å²) in [4.78, 5) is 24.6. The van der Waals surface area contributed by atoms with Crippen LogP contribution in [0, 0.1) is 0 Å². The van der Waals surface area contributed by atoms with Crippen LogP contribution in [0.2, 0.25) is 0 Å². The van der Waals surface area contributed by atoms with Gasteiger partial charge in [0.05, 0.1) is 6.61 Å². The summed E-state index contributed by atoms with van der Waals surface area (Å²) in [6, 6.07) is 0. The minimum Gasteiger partial charge on any atom is -0.465 e. The van der Waals surface area contributed by atoms with E-state index in [0.717, 1.165) is 19.3 Å². The first-order valence-electron chi connectivity index (χ1n) is 6.09. The Morgan fingerprint density at radius 1 is 1.12 bits per heavy atom. The molecule has 4 heteroatoms. The average Bonchev–Trinajstić information content (AvgIpc) is 2.25. The quantitative estimate of drug-likeness (QED) is 0.598. The van der Waals surface area contributed by atoms with Crippen LogP contribution in [0.5, 0.6) is 0 Å². The fourth-order valence-corrected chi connectivity index (χ4v) is 1.41. The molecule has 16 heavy (non-hydrogen) atoms. The molecule has 0 aliphatic rings. The van der Waals surface area contributed by atoms with Gasteiger partial charge < -0.3 is 9.64 Å². The van der Waals surface area contributed by atoms with E-state index in [1.54, 1.807) is 11.8 Å². The van der Waals surface area contributed by atoms with Gasteiger partial charge in [-0.3, -0.25) is 9.59 Å². The summed E-state index contributed by atoms with van der Waals surface area (Å²) >= 11 is 0. The van der Waals surface area contributed by atoms with Crippen LogP contribution in [-0.4, -0.2) is 36.5 Å². The molecule has 0 fully saturated rings. The first kappa shape index (κ1) is 14.9. The topological polar surface area (TPSA) is 46.6 Å². The van der Waals surface area contributed by atoms with Gasteiger partial charge in [0.15, 0.2) is 0 Å². The van der Waals surface area contributed by atoms with Crippen molar-refractivity contribution < 1.29 is 14.3 Å². The van der Waals surface area contributed by atoms with Crippen molar-refractivity contribution in [3.05, 3.63) is 0 Å². The van der Waals surface area contributed by atoms with Crippen LogP contribution in [0.4, 0.5) is 0 Å². The molecular formula is C12H23NO3. The summed E-state index contributed by atoms with van der Waals surface area (Å²) in [6.07, 6.45) is 3.25. The predicted octanol–water partition coefficient (Wildman–Crippen LogP) is 1.98. The van der Waals surface area contributed by atoms with E-state index in [2.05, 4.69) is 0 Å². The zero-order valence-electron chi connectivity index (χ0n) is 10.6. The minimum absolute atomic E-state index is 0.0525. The first-order valence-corrected chi connectivity index (χ1v) is 6.09. The van der Waals surface area contributed by atoms with Gasteiger partial charge in [-0.05, 0) is 19.8 Å². The third kappa shape index (κ3) is 6.43. The van der Waals surface area contributed by atoms with E-state index in [1.807, 2.05) is 13.8 Å². The highest BCUT2D eigenvalue weighted by molar-refractivity contribution is 5.82. The van der Waals surface area contributed by atoms with E-state index in [1.165, 1.54) is 0 Å². The molecule has 0 rings (SSSR count). The smallest absolute Gasteiger partial charge is 0.325 e. The highest BCUT2D eigenvalue weighted by atomic mass is 16.5. The van der Waals surface area contributed by atoms with Crippen LogP contribution >= 0.6 is 0 Å². The van der Waals surface area contributed by atoms with E-state index >= 15 is 0 Å². The Balaban J connectivity index is 4.13. The number of esters is 1. The number of rotatable bonds is 8. The van der Waals surface area contributed by atoms with Gasteiger partial charge in [-0.25, -0.2) is 0 Å². The van der Waals surface area contributed by atoms with Crippen molar-refractivity contribution in [3.8, 4) is 0 Å². The fourth-order valence-electron chi connectivity index (χ4n) is 1.41. The molecule has 94 valence electrons. The van der Waals surface area contributed by atoms with Crippen LogP contribution in [0.1, 0.15) is 46.5 Å². The number of hydrogen-bond donors (Lipinski definition) is 0. The molecule has 0 bridgehead atoms. The zero-order chi connectivity index (χ0) is 12.4. The molecule has 4 nitrogen and oxygen atoms in total. The molecule has 0 radical (unpaired) electrons. The maximum Gasteiger partial charge on any atom is 0.325 e. The molecule has 0 saturated carbocycles. The molecule has 0 aromatic heterocycles. The molecule has 0 unspecified atom stereocenters. The molecule has 0 heterocycles. The molecule has 1 amide bonds. The fraction of sp³-hybridized carbons (Fsp3) is 0.833. The maximum absolute atomic E-state index is 11.7. The van der Waals surface area contributed by atoms with E-state index in [4.69, 9.17) is 4.74 Å². The van der Waals surface area contributed by atoms with Gasteiger partial charge in [0.2, 0.25) is 5.91 Å². The van der Waals surface area contributed by atoms with E-state index in [9.17, 15) is 9.59 Å². The Labute approximate surface area is 98.0 Å². The lowest BCUT2D eigenvalue weighted by Gasteiger charge is -2.20. The number of carbonyl (C=O) groups excluding carboxylic acids is 2. The van der Waals surface area contributed by atoms with Crippen molar-refractivity contribution in [2.24, 2.45) is 0 Å². The summed E-state index contributed by atoms with van der Waals surface area (Å²) in [6.45, 7) is 6.88. The van der Waals surface area contributed by atoms with Crippen molar-refractivity contribution in [2.75, 3.05) is 19.7 Å². The van der Waals surface area contributed by atoms with Gasteiger partial charge in [0.1, 0.15) is 6.54 Å². The Morgan fingerprint density at radius 3 is 2.31 bits per heavy atom. The SMILES string of the molecule is CCCCC(=O)N(CCC)CC(=O)OCC. The van der Waals surface area contributed by atoms with Gasteiger partial charge in [0.25, 0.3) is 0 Å². The van der Waals surface area contributed by atoms with Crippen molar-refractivity contribution in [3.63, 3.8) is 0 Å². The second-order valence-corrected chi connectivity index (χ2v) is 3.72. The molecule has 0 aromatic carbocycles. The van der Waals surface area contributed by atoms with Crippen LogP contribution < -0.4 is 0 Å². The van der Waals surface area contributed by atoms with Gasteiger partial charge in [0, 0.05) is 13.0 Å². The number of carbonyl (C=O) groups is 2. The summed E-state index contributed by atoms with van der Waals surface area (Å²) in [5.41, 5.74) is 0. The van der Waals surface area contributed by atoms with Gasteiger partial charge >= 0.3 is 5.97 Å². The highest BCUT2D eigenvalue weighted by Gasteiger charge is 2.16. The van der Waals surface area contributed by atoms with Crippen molar-refractivity contribution >= 4 is 11.9 Å². The molecule has 0 N–H and O–H groups in total. The molecule has 0 aliphatic carbocycles. The third-order valence-corrected chi connectivity index (χ3v) is 2.22. The Kier molecular flexibility index (Phi) is 8.58. The zero-order valence-corrected chi connectivity index (χ0v) is 10.6. The summed E-state index contributed by atoms with van der Waals surface area (Å²) in [5.74, 6) is -0.266. The van der Waals surface area contributed by atoms with E-state index in [-0.39, 0.29) is 18.4 Å². The number of amides is 1. The van der Waals surface area contributed by atoms with Gasteiger partial charge in [-0.2, -0.15) is 0 Å². The molecule has 0 atom stereocenters. The van der Waals surface area contributed by atoms with Crippen LogP contribution in [0.3, 0.4) is 0 Å². The number of ether oxygens (including phenoxy) is 1. The Hall–Kier alpha value is -1.06. The van der Waals surface area contributed by atoms with Gasteiger partial charge in [-0.15, -0.1) is 0 Å². The standard InChI is InChI=1S/C12H23NO3/c1-4-7-8-11(14)13(9-5-2)10-12(15)16-6-3/h4-10H2,1-3H3. The maximum atomic E-state index is 11.7. The lowest BCUT2D eigenvalue weighted by atomic mass is 10.2. The van der Waals surface area contributed by atoms with Gasteiger partial charge in [-0.1, -0.05) is 20.3 Å². The second-order valence-electron chi connectivity index (χ2n) is 3.72. The van der Waals surface area contributed by atoms with Crippen LogP contribution in [0.15, 0.2) is 0 Å². The first-order chi connectivity index (χ1) is 7.65. The lowest BCUT2D eigenvalue weighted by Crippen LogP contribution is -2.36. The number of unbranched alkanes of at least 4 members (excludes halogenated alkanes) is 1. The largest absolute Gasteiger partial charge is 0.465 e. The summed E-state index contributed by atoms with van der Waals surface area (Å²) in [7, 11) is 0. The highest BCUT2D eigenvalue weighted by Crippen LogP contribution is 2.02. The Morgan fingerprint density at radius 2 is 1.81 bits per heavy atom. The molecule has 0 aromatic rings. The molecular weight excluding hydrogens is 206 g/mol. The molecule has 0 saturated heterocycles. The predicted molar refractivity (Wildman–Crippen MR) is 63.0 cm³/mol. The average molecular weight is 229 g/mol. The van der Waals surface area contributed by atoms with Crippen LogP contribution in [-0.2, 0) is 14.3 Å². The van der Waals surface area contributed by atoms with Crippen molar-refractivity contribution in [1.82, 2.24) is 4.90 Å². The normalized spacial score (nSPS) is 9.94. The van der Waals surface area contributed by atoms with Crippen LogP contribution in [0.25, 0.3) is 0 Å². The molecule has 0 aliphatic heterocycles. The number of hydrogen-bond acceptors (Lipinski definition) is 3. The summed E-state index contributed by atoms with van der Waals surface area (Å²) < 4.78 is 4.84. The number of nitrogens with zero attached hydrogens (tertiary/aromatic N) is 1. The minimum atomic E-state index is -0.319. The second kappa shape index (κ2) is 9.19.